The monoisotopic (exact) mass is 552 g/mol. The van der Waals surface area contributed by atoms with E-state index in [0.29, 0.717) is 12.5 Å². The number of aryl methyl sites for hydroxylation is 2. The minimum absolute atomic E-state index is 0. The van der Waals surface area contributed by atoms with E-state index in [1.165, 1.54) is 30.7 Å². The van der Waals surface area contributed by atoms with E-state index in [1.807, 2.05) is 13.1 Å². The predicted molar refractivity (Wildman–Crippen MR) is 138 cm³/mol. The highest BCUT2D eigenvalue weighted by molar-refractivity contribution is 14.0. The molecule has 1 aromatic carbocycles. The predicted octanol–water partition coefficient (Wildman–Crippen LogP) is 3.67. The summed E-state index contributed by atoms with van der Waals surface area (Å²) >= 11 is 0. The Kier molecular flexibility index (Phi) is 10.2. The number of fused-ring (bicyclic) bond motifs is 1. The average molecular weight is 553 g/mol. The van der Waals surface area contributed by atoms with Gasteiger partial charge in [0.2, 0.25) is 0 Å². The molecule has 8 heteroatoms. The Bertz CT molecular complexity index is 840. The third-order valence-electron chi connectivity index (χ3n) is 6.31. The lowest BCUT2D eigenvalue weighted by Gasteiger charge is -2.21. The molecule has 0 spiro atoms. The van der Waals surface area contributed by atoms with E-state index in [9.17, 15) is 0 Å². The molecule has 2 aromatic rings. The lowest BCUT2D eigenvalue weighted by Crippen LogP contribution is -2.40. The maximum Gasteiger partial charge on any atom is 0.193 e. The Morgan fingerprint density at radius 3 is 2.88 bits per heavy atom. The smallest absolute Gasteiger partial charge is 0.193 e. The molecular formula is C24H37IN6O. The average Bonchev–Trinajstić information content (AvgIpc) is 3.35. The topological polar surface area (TPSA) is 67.6 Å². The van der Waals surface area contributed by atoms with Gasteiger partial charge in [0.15, 0.2) is 5.96 Å². The Balaban J connectivity index is 0.00000289. The highest BCUT2D eigenvalue weighted by Crippen LogP contribution is 2.18. The number of guanidine groups is 1. The Labute approximate surface area is 209 Å². The number of aromatic nitrogens is 3. The summed E-state index contributed by atoms with van der Waals surface area (Å²) in [4.78, 5) is 6.87. The lowest BCUT2D eigenvalue weighted by molar-refractivity contribution is 0.0907. The van der Waals surface area contributed by atoms with Gasteiger partial charge in [0.05, 0.1) is 13.2 Å². The van der Waals surface area contributed by atoms with Gasteiger partial charge in [-0.1, -0.05) is 36.8 Å². The molecule has 0 radical (unpaired) electrons. The molecule has 1 N–H and O–H groups in total. The van der Waals surface area contributed by atoms with Crippen molar-refractivity contribution in [3.8, 4) is 0 Å². The number of hydrogen-bond acceptors (Lipinski definition) is 4. The second-order valence-corrected chi connectivity index (χ2v) is 8.67. The number of nitrogens with zero attached hydrogens (tertiary/aromatic N) is 5. The molecule has 0 aliphatic carbocycles. The number of aliphatic imine (C=N–C) groups is 1. The molecular weight excluding hydrogens is 515 g/mol. The van der Waals surface area contributed by atoms with Gasteiger partial charge in [0.25, 0.3) is 0 Å². The summed E-state index contributed by atoms with van der Waals surface area (Å²) in [6.07, 6.45) is 8.01. The minimum atomic E-state index is 0. The van der Waals surface area contributed by atoms with E-state index in [1.54, 1.807) is 0 Å². The fraction of sp³-hybridized carbons (Fsp3) is 0.625. The van der Waals surface area contributed by atoms with E-state index in [4.69, 9.17) is 4.74 Å². The second kappa shape index (κ2) is 13.1. The van der Waals surface area contributed by atoms with Crippen LogP contribution in [0.15, 0.2) is 35.3 Å². The van der Waals surface area contributed by atoms with Crippen molar-refractivity contribution in [3.63, 3.8) is 0 Å². The molecule has 7 nitrogen and oxygen atoms in total. The number of hydrogen-bond donors (Lipinski definition) is 1. The van der Waals surface area contributed by atoms with Crippen molar-refractivity contribution in [2.45, 2.75) is 58.1 Å². The first kappa shape index (κ1) is 25.0. The molecule has 0 bridgehead atoms. The van der Waals surface area contributed by atoms with Gasteiger partial charge < -0.3 is 19.5 Å². The number of likely N-dealkylation sites (tertiary alicyclic amines) is 1. The summed E-state index contributed by atoms with van der Waals surface area (Å²) in [7, 11) is 1.87. The first-order chi connectivity index (χ1) is 15.3. The molecule has 0 amide bonds. The maximum absolute atomic E-state index is 5.96. The quantitative estimate of drug-likeness (QED) is 0.234. The van der Waals surface area contributed by atoms with Gasteiger partial charge in [-0.25, -0.2) is 0 Å². The maximum atomic E-state index is 5.96. The van der Waals surface area contributed by atoms with Gasteiger partial charge in [-0.15, -0.1) is 34.2 Å². The second-order valence-electron chi connectivity index (χ2n) is 8.67. The largest absolute Gasteiger partial charge is 0.376 e. The van der Waals surface area contributed by atoms with E-state index in [0.717, 1.165) is 70.3 Å². The third-order valence-corrected chi connectivity index (χ3v) is 6.31. The normalized spacial score (nSPS) is 18.7. The zero-order chi connectivity index (χ0) is 21.3. The molecule has 2 aliphatic heterocycles. The molecule has 32 heavy (non-hydrogen) atoms. The fourth-order valence-electron chi connectivity index (χ4n) is 4.59. The number of nitrogens with one attached hydrogen (secondary N) is 1. The summed E-state index contributed by atoms with van der Waals surface area (Å²) in [6.45, 7) is 5.52. The van der Waals surface area contributed by atoms with Crippen LogP contribution in [0.5, 0.6) is 0 Å². The van der Waals surface area contributed by atoms with E-state index >= 15 is 0 Å². The highest BCUT2D eigenvalue weighted by Gasteiger charge is 2.25. The van der Waals surface area contributed by atoms with Crippen LogP contribution in [0.3, 0.4) is 0 Å². The zero-order valence-electron chi connectivity index (χ0n) is 19.2. The van der Waals surface area contributed by atoms with E-state index in [2.05, 4.69) is 54.2 Å². The number of rotatable bonds is 8. The van der Waals surface area contributed by atoms with Crippen LogP contribution in [0.4, 0.5) is 0 Å². The standard InChI is InChI=1S/C24H36N6O.HI/c1-25-24(26-14-8-12-23-28-27-22-11-6-3-7-15-30(22)23)29-16-13-21(17-29)19-31-18-20-9-4-2-5-10-20;/h2,4-5,9-10,21H,3,6-8,11-19H2,1H3,(H,25,26);1H. The van der Waals surface area contributed by atoms with Gasteiger partial charge >= 0.3 is 0 Å². The van der Waals surface area contributed by atoms with Gasteiger partial charge in [-0.05, 0) is 31.2 Å². The summed E-state index contributed by atoms with van der Waals surface area (Å²) in [5.74, 6) is 3.89. The van der Waals surface area contributed by atoms with Crippen molar-refractivity contribution < 1.29 is 4.74 Å². The molecule has 1 aromatic heterocycles. The van der Waals surface area contributed by atoms with Crippen molar-refractivity contribution >= 4 is 29.9 Å². The van der Waals surface area contributed by atoms with Crippen molar-refractivity contribution in [3.05, 3.63) is 47.5 Å². The molecule has 1 atom stereocenters. The van der Waals surface area contributed by atoms with Crippen molar-refractivity contribution in [2.75, 3.05) is 33.3 Å². The Morgan fingerprint density at radius 1 is 1.16 bits per heavy atom. The first-order valence-corrected chi connectivity index (χ1v) is 11.8. The van der Waals surface area contributed by atoms with Crippen LogP contribution >= 0.6 is 24.0 Å². The molecule has 2 aliphatic rings. The number of ether oxygens (including phenoxy) is 1. The van der Waals surface area contributed by atoms with Crippen LogP contribution in [-0.4, -0.2) is 58.9 Å². The molecule has 176 valence electrons. The summed E-state index contributed by atoms with van der Waals surface area (Å²) in [5.41, 5.74) is 1.24. The number of halogens is 1. The Hall–Kier alpha value is -1.68. The minimum Gasteiger partial charge on any atom is -0.376 e. The van der Waals surface area contributed by atoms with Crippen LogP contribution < -0.4 is 5.32 Å². The van der Waals surface area contributed by atoms with Crippen LogP contribution in [-0.2, 0) is 30.7 Å². The van der Waals surface area contributed by atoms with Gasteiger partial charge in [-0.2, -0.15) is 0 Å². The molecule has 4 rings (SSSR count). The third kappa shape index (κ3) is 6.91. The molecule has 1 fully saturated rings. The fourth-order valence-corrected chi connectivity index (χ4v) is 4.59. The summed E-state index contributed by atoms with van der Waals surface area (Å²) in [6, 6.07) is 10.4. The molecule has 1 saturated heterocycles. The van der Waals surface area contributed by atoms with Gasteiger partial charge in [0.1, 0.15) is 11.6 Å². The van der Waals surface area contributed by atoms with Gasteiger partial charge in [-0.3, -0.25) is 4.99 Å². The van der Waals surface area contributed by atoms with E-state index in [-0.39, 0.29) is 24.0 Å². The van der Waals surface area contributed by atoms with Crippen molar-refractivity contribution in [1.29, 1.82) is 0 Å². The van der Waals surface area contributed by atoms with Crippen LogP contribution in [0, 0.1) is 5.92 Å². The SMILES string of the molecule is CN=C(NCCCc1nnc2n1CCCCC2)N1CCC(COCc2ccccc2)C1.I. The highest BCUT2D eigenvalue weighted by atomic mass is 127. The van der Waals surface area contributed by atoms with Crippen LogP contribution in [0.1, 0.15) is 49.3 Å². The zero-order valence-corrected chi connectivity index (χ0v) is 21.5. The molecule has 0 saturated carbocycles. The molecule has 3 heterocycles. The van der Waals surface area contributed by atoms with Crippen molar-refractivity contribution in [1.82, 2.24) is 25.0 Å². The summed E-state index contributed by atoms with van der Waals surface area (Å²) < 4.78 is 8.31. The molecule has 1 unspecified atom stereocenters. The van der Waals surface area contributed by atoms with E-state index < -0.39 is 0 Å². The van der Waals surface area contributed by atoms with Crippen molar-refractivity contribution in [2.24, 2.45) is 10.9 Å². The van der Waals surface area contributed by atoms with Crippen LogP contribution in [0.2, 0.25) is 0 Å². The number of benzene rings is 1. The lowest BCUT2D eigenvalue weighted by atomic mass is 10.1. The first-order valence-electron chi connectivity index (χ1n) is 11.8. The van der Waals surface area contributed by atoms with Gasteiger partial charge in [0, 0.05) is 52.0 Å². The summed E-state index contributed by atoms with van der Waals surface area (Å²) in [5, 5.41) is 12.4. The Morgan fingerprint density at radius 2 is 2.03 bits per heavy atom. The van der Waals surface area contributed by atoms with Crippen LogP contribution in [0.25, 0.3) is 0 Å².